The third-order valence-electron chi connectivity index (χ3n) is 3.64. The highest BCUT2D eigenvalue weighted by Gasteiger charge is 2.18. The van der Waals surface area contributed by atoms with E-state index in [-0.39, 0.29) is 0 Å². The van der Waals surface area contributed by atoms with Crippen LogP contribution in [-0.4, -0.2) is 35.2 Å². The van der Waals surface area contributed by atoms with Crippen LogP contribution in [0.25, 0.3) is 0 Å². The van der Waals surface area contributed by atoms with Crippen LogP contribution in [0.2, 0.25) is 0 Å². The molecule has 1 saturated carbocycles. The lowest BCUT2D eigenvalue weighted by molar-refractivity contribution is 0.196. The summed E-state index contributed by atoms with van der Waals surface area (Å²) in [4.78, 5) is 0. The normalized spacial score (nSPS) is 16.1. The lowest BCUT2D eigenvalue weighted by Gasteiger charge is -2.24. The molecule has 0 amide bonds. The minimum atomic E-state index is 0.512. The molecule has 112 valence electrons. The molecule has 5 nitrogen and oxygen atoms in total. The maximum absolute atomic E-state index is 5.31. The third kappa shape index (κ3) is 4.45. The van der Waals surface area contributed by atoms with Crippen LogP contribution in [-0.2, 0) is 4.74 Å². The van der Waals surface area contributed by atoms with Crippen LogP contribution in [0.5, 0.6) is 0 Å². The van der Waals surface area contributed by atoms with E-state index in [0.717, 1.165) is 25.4 Å². The molecule has 0 saturated heterocycles. The molecule has 1 aliphatic rings. The second kappa shape index (κ2) is 8.21. The molecule has 1 heterocycles. The van der Waals surface area contributed by atoms with Gasteiger partial charge >= 0.3 is 0 Å². The zero-order valence-electron chi connectivity index (χ0n) is 12.1. The highest BCUT2D eigenvalue weighted by molar-refractivity contribution is 7.80. The minimum absolute atomic E-state index is 0.512. The molecule has 1 aromatic rings. The minimum Gasteiger partial charge on any atom is -0.385 e. The Hall–Kier alpha value is -1.14. The number of hydrogen-bond acceptors (Lipinski definition) is 3. The molecule has 0 aliphatic heterocycles. The van der Waals surface area contributed by atoms with Crippen molar-refractivity contribution >= 4 is 23.1 Å². The number of methoxy groups -OCH3 is 1. The maximum Gasteiger partial charge on any atom is 0.171 e. The van der Waals surface area contributed by atoms with Gasteiger partial charge in [0.1, 0.15) is 5.82 Å². The van der Waals surface area contributed by atoms with Gasteiger partial charge in [-0.25, -0.2) is 4.68 Å². The Labute approximate surface area is 126 Å². The molecule has 2 N–H and O–H groups in total. The summed E-state index contributed by atoms with van der Waals surface area (Å²) < 4.78 is 7.10. The summed E-state index contributed by atoms with van der Waals surface area (Å²) in [5, 5.41) is 11.5. The molecule has 0 atom stereocenters. The van der Waals surface area contributed by atoms with Gasteiger partial charge in [0, 0.05) is 26.3 Å². The largest absolute Gasteiger partial charge is 0.385 e. The van der Waals surface area contributed by atoms with E-state index in [1.807, 2.05) is 12.3 Å². The fourth-order valence-corrected chi connectivity index (χ4v) is 2.82. The predicted molar refractivity (Wildman–Crippen MR) is 85.1 cm³/mol. The van der Waals surface area contributed by atoms with E-state index in [4.69, 9.17) is 17.0 Å². The van der Waals surface area contributed by atoms with Crippen LogP contribution in [0.1, 0.15) is 44.6 Å². The Kier molecular flexibility index (Phi) is 6.26. The average molecular weight is 296 g/mol. The van der Waals surface area contributed by atoms with Crippen LogP contribution >= 0.6 is 12.2 Å². The van der Waals surface area contributed by atoms with E-state index in [2.05, 4.69) is 20.4 Å². The first kappa shape index (κ1) is 15.3. The fourth-order valence-electron chi connectivity index (χ4n) is 2.61. The van der Waals surface area contributed by atoms with Gasteiger partial charge in [-0.15, -0.1) is 0 Å². The van der Waals surface area contributed by atoms with Gasteiger partial charge < -0.3 is 15.4 Å². The van der Waals surface area contributed by atoms with Gasteiger partial charge in [-0.1, -0.05) is 19.3 Å². The number of ether oxygens (including phenoxy) is 1. The summed E-state index contributed by atoms with van der Waals surface area (Å²) in [5.41, 5.74) is 0. The summed E-state index contributed by atoms with van der Waals surface area (Å²) in [6, 6.07) is 2.50. The molecular weight excluding hydrogens is 272 g/mol. The van der Waals surface area contributed by atoms with Gasteiger partial charge in [-0.3, -0.25) is 0 Å². The highest BCUT2D eigenvalue weighted by Crippen LogP contribution is 2.29. The lowest BCUT2D eigenvalue weighted by Crippen LogP contribution is -2.31. The van der Waals surface area contributed by atoms with Gasteiger partial charge in [0.15, 0.2) is 5.11 Å². The van der Waals surface area contributed by atoms with Crippen molar-refractivity contribution in [2.45, 2.75) is 44.6 Å². The smallest absolute Gasteiger partial charge is 0.171 e. The first-order valence-electron chi connectivity index (χ1n) is 7.38. The second-order valence-corrected chi connectivity index (χ2v) is 5.59. The second-order valence-electron chi connectivity index (χ2n) is 5.18. The van der Waals surface area contributed by atoms with Crippen LogP contribution in [0, 0.1) is 0 Å². The third-order valence-corrected chi connectivity index (χ3v) is 3.89. The van der Waals surface area contributed by atoms with Crippen LogP contribution < -0.4 is 10.6 Å². The van der Waals surface area contributed by atoms with Crippen molar-refractivity contribution in [1.82, 2.24) is 15.1 Å². The van der Waals surface area contributed by atoms with Crippen LogP contribution in [0.3, 0.4) is 0 Å². The molecule has 1 fully saturated rings. The number of rotatable bonds is 6. The zero-order valence-corrected chi connectivity index (χ0v) is 12.9. The first-order chi connectivity index (χ1) is 9.81. The molecule has 0 aromatic carbocycles. The number of hydrogen-bond donors (Lipinski definition) is 2. The van der Waals surface area contributed by atoms with E-state index < -0.39 is 0 Å². The standard InChI is InChI=1S/C14H24N4OS/c1-19-11-5-9-15-14(20)17-13-8-10-16-18(13)12-6-3-2-4-7-12/h8,10,12H,2-7,9,11H2,1H3,(H2,15,17,20). The van der Waals surface area contributed by atoms with E-state index in [0.29, 0.717) is 11.2 Å². The number of nitrogens with zero attached hydrogens (tertiary/aromatic N) is 2. The van der Waals surface area contributed by atoms with Crippen molar-refractivity contribution < 1.29 is 4.74 Å². The molecular formula is C14H24N4OS. The molecule has 2 rings (SSSR count). The van der Waals surface area contributed by atoms with Gasteiger partial charge in [-0.2, -0.15) is 5.10 Å². The fraction of sp³-hybridized carbons (Fsp3) is 0.714. The van der Waals surface area contributed by atoms with Crippen molar-refractivity contribution in [3.8, 4) is 0 Å². The van der Waals surface area contributed by atoms with Crippen molar-refractivity contribution in [3.05, 3.63) is 12.3 Å². The molecule has 20 heavy (non-hydrogen) atoms. The van der Waals surface area contributed by atoms with Crippen molar-refractivity contribution in [2.75, 3.05) is 25.6 Å². The van der Waals surface area contributed by atoms with E-state index in [1.54, 1.807) is 7.11 Å². The summed E-state index contributed by atoms with van der Waals surface area (Å²) >= 11 is 5.31. The van der Waals surface area contributed by atoms with Gasteiger partial charge in [0.05, 0.1) is 12.2 Å². The summed E-state index contributed by atoms with van der Waals surface area (Å²) in [6.07, 6.45) is 9.15. The van der Waals surface area contributed by atoms with E-state index in [9.17, 15) is 0 Å². The van der Waals surface area contributed by atoms with E-state index in [1.165, 1.54) is 32.1 Å². The Bertz CT molecular complexity index is 415. The number of nitrogens with one attached hydrogen (secondary N) is 2. The highest BCUT2D eigenvalue weighted by atomic mass is 32.1. The predicted octanol–water partition coefficient (Wildman–Crippen LogP) is 2.71. The molecule has 0 spiro atoms. The molecule has 0 unspecified atom stereocenters. The van der Waals surface area contributed by atoms with Crippen molar-refractivity contribution in [2.24, 2.45) is 0 Å². The van der Waals surface area contributed by atoms with Gasteiger partial charge in [0.25, 0.3) is 0 Å². The topological polar surface area (TPSA) is 51.1 Å². The Morgan fingerprint density at radius 2 is 2.25 bits per heavy atom. The lowest BCUT2D eigenvalue weighted by atomic mass is 9.96. The molecule has 0 bridgehead atoms. The Morgan fingerprint density at radius 1 is 1.45 bits per heavy atom. The molecule has 0 radical (unpaired) electrons. The van der Waals surface area contributed by atoms with Gasteiger partial charge in [0.2, 0.25) is 0 Å². The number of thiocarbonyl (C=S) groups is 1. The Balaban J connectivity index is 1.83. The number of aromatic nitrogens is 2. The quantitative estimate of drug-likeness (QED) is 0.624. The van der Waals surface area contributed by atoms with Crippen LogP contribution in [0.15, 0.2) is 12.3 Å². The molecule has 6 heteroatoms. The average Bonchev–Trinajstić information content (AvgIpc) is 2.92. The first-order valence-corrected chi connectivity index (χ1v) is 7.79. The van der Waals surface area contributed by atoms with E-state index >= 15 is 0 Å². The van der Waals surface area contributed by atoms with Crippen molar-refractivity contribution in [3.63, 3.8) is 0 Å². The number of anilines is 1. The SMILES string of the molecule is COCCCNC(=S)Nc1ccnn1C1CCCCC1. The summed E-state index contributed by atoms with van der Waals surface area (Å²) in [7, 11) is 1.71. The monoisotopic (exact) mass is 296 g/mol. The Morgan fingerprint density at radius 3 is 3.00 bits per heavy atom. The van der Waals surface area contributed by atoms with Crippen LogP contribution in [0.4, 0.5) is 5.82 Å². The maximum atomic E-state index is 5.31. The summed E-state index contributed by atoms with van der Waals surface area (Å²) in [6.45, 7) is 1.56. The molecule has 1 aliphatic carbocycles. The zero-order chi connectivity index (χ0) is 14.2. The van der Waals surface area contributed by atoms with Gasteiger partial charge in [-0.05, 0) is 31.5 Å². The summed E-state index contributed by atoms with van der Waals surface area (Å²) in [5.74, 6) is 0.987. The van der Waals surface area contributed by atoms with Crippen molar-refractivity contribution in [1.29, 1.82) is 0 Å². The molecule has 1 aromatic heterocycles.